The molecule has 168 valence electrons. The number of carbonyl (C=O) groups excluding carboxylic acids is 1. The second-order valence-electron chi connectivity index (χ2n) is 7.50. The van der Waals surface area contributed by atoms with Gasteiger partial charge in [-0.3, -0.25) is 4.79 Å². The van der Waals surface area contributed by atoms with Gasteiger partial charge < -0.3 is 19.5 Å². The highest BCUT2D eigenvalue weighted by atomic mass is 32.2. The van der Waals surface area contributed by atoms with E-state index in [0.29, 0.717) is 17.2 Å². The van der Waals surface area contributed by atoms with E-state index in [1.165, 1.54) is 39.4 Å². The molecule has 0 unspecified atom stereocenters. The number of nitrogens with zero attached hydrogens (tertiary/aromatic N) is 1. The number of hydrogen-bond acceptors (Lipinski definition) is 6. The molecule has 0 aromatic heterocycles. The predicted octanol–water partition coefficient (Wildman–Crippen LogP) is 3.53. The fourth-order valence-electron chi connectivity index (χ4n) is 3.45. The minimum absolute atomic E-state index is 0.0763. The molecule has 0 bridgehead atoms. The molecule has 1 aliphatic rings. The third kappa shape index (κ3) is 5.11. The molecule has 3 rings (SSSR count). The SMILES string of the molecule is COc1ccc(NC(=O)c2ccc(OC)c(S(=O)(=O)N(C)C)c2)cc1OC1CCCC1. The van der Waals surface area contributed by atoms with E-state index >= 15 is 0 Å². The van der Waals surface area contributed by atoms with Crippen molar-refractivity contribution in [1.82, 2.24) is 4.31 Å². The molecule has 0 aliphatic heterocycles. The topological polar surface area (TPSA) is 94.2 Å². The maximum Gasteiger partial charge on any atom is 0.255 e. The number of amides is 1. The summed E-state index contributed by atoms with van der Waals surface area (Å²) in [4.78, 5) is 12.8. The molecule has 0 spiro atoms. The number of benzene rings is 2. The van der Waals surface area contributed by atoms with Gasteiger partial charge in [-0.25, -0.2) is 12.7 Å². The molecule has 0 saturated heterocycles. The van der Waals surface area contributed by atoms with Gasteiger partial charge in [0, 0.05) is 31.4 Å². The smallest absolute Gasteiger partial charge is 0.255 e. The van der Waals surface area contributed by atoms with Gasteiger partial charge in [0.1, 0.15) is 10.6 Å². The average Bonchev–Trinajstić information content (AvgIpc) is 3.26. The maximum atomic E-state index is 12.8. The van der Waals surface area contributed by atoms with E-state index in [9.17, 15) is 13.2 Å². The Kier molecular flexibility index (Phi) is 7.07. The fraction of sp³-hybridized carbons (Fsp3) is 0.409. The van der Waals surface area contributed by atoms with Crippen LogP contribution in [-0.2, 0) is 10.0 Å². The lowest BCUT2D eigenvalue weighted by molar-refractivity contribution is 0.102. The molecule has 31 heavy (non-hydrogen) atoms. The average molecular weight is 449 g/mol. The zero-order chi connectivity index (χ0) is 22.6. The molecular weight excluding hydrogens is 420 g/mol. The molecule has 9 heteroatoms. The molecule has 0 atom stereocenters. The van der Waals surface area contributed by atoms with Gasteiger partial charge in [-0.1, -0.05) is 0 Å². The van der Waals surface area contributed by atoms with Crippen LogP contribution < -0.4 is 19.5 Å². The van der Waals surface area contributed by atoms with Gasteiger partial charge in [-0.2, -0.15) is 0 Å². The van der Waals surface area contributed by atoms with Crippen LogP contribution in [0.2, 0.25) is 0 Å². The number of ether oxygens (including phenoxy) is 3. The Morgan fingerprint density at radius 1 is 0.968 bits per heavy atom. The quantitative estimate of drug-likeness (QED) is 0.664. The summed E-state index contributed by atoms with van der Waals surface area (Å²) < 4.78 is 42.9. The Morgan fingerprint density at radius 3 is 2.23 bits per heavy atom. The van der Waals surface area contributed by atoms with Crippen molar-refractivity contribution in [3.8, 4) is 17.2 Å². The van der Waals surface area contributed by atoms with E-state index < -0.39 is 15.9 Å². The zero-order valence-corrected chi connectivity index (χ0v) is 19.0. The Labute approximate surface area is 183 Å². The highest BCUT2D eigenvalue weighted by molar-refractivity contribution is 7.89. The first-order valence-electron chi connectivity index (χ1n) is 10.0. The van der Waals surface area contributed by atoms with Gasteiger partial charge in [-0.05, 0) is 56.0 Å². The van der Waals surface area contributed by atoms with Gasteiger partial charge in [-0.15, -0.1) is 0 Å². The molecule has 0 radical (unpaired) electrons. The number of nitrogens with one attached hydrogen (secondary N) is 1. The molecule has 1 aliphatic carbocycles. The number of anilines is 1. The summed E-state index contributed by atoms with van der Waals surface area (Å²) in [6, 6.07) is 9.45. The molecule has 1 fully saturated rings. The predicted molar refractivity (Wildman–Crippen MR) is 118 cm³/mol. The van der Waals surface area contributed by atoms with Crippen LogP contribution in [0.4, 0.5) is 5.69 Å². The molecule has 0 heterocycles. The van der Waals surface area contributed by atoms with Crippen LogP contribution in [0.15, 0.2) is 41.3 Å². The van der Waals surface area contributed by atoms with Crippen molar-refractivity contribution in [3.63, 3.8) is 0 Å². The molecule has 2 aromatic rings. The van der Waals surface area contributed by atoms with E-state index in [0.717, 1.165) is 30.0 Å². The second-order valence-corrected chi connectivity index (χ2v) is 9.62. The normalized spacial score (nSPS) is 14.5. The van der Waals surface area contributed by atoms with E-state index in [1.807, 2.05) is 0 Å². The number of rotatable bonds is 8. The summed E-state index contributed by atoms with van der Waals surface area (Å²) in [5.74, 6) is 0.878. The van der Waals surface area contributed by atoms with Crippen molar-refractivity contribution >= 4 is 21.6 Å². The Bertz CT molecular complexity index is 1050. The first-order valence-corrected chi connectivity index (χ1v) is 11.5. The van der Waals surface area contributed by atoms with E-state index in [2.05, 4.69) is 5.32 Å². The molecule has 1 amide bonds. The van der Waals surface area contributed by atoms with Gasteiger partial charge in [0.05, 0.1) is 20.3 Å². The summed E-state index contributed by atoms with van der Waals surface area (Å²) in [6.07, 6.45) is 4.40. The third-order valence-electron chi connectivity index (χ3n) is 5.20. The first kappa shape index (κ1) is 22.9. The van der Waals surface area contributed by atoms with Crippen LogP contribution in [0.3, 0.4) is 0 Å². The third-order valence-corrected chi connectivity index (χ3v) is 7.04. The van der Waals surface area contributed by atoms with Crippen LogP contribution in [-0.4, -0.2) is 53.0 Å². The lowest BCUT2D eigenvalue weighted by Gasteiger charge is -2.17. The van der Waals surface area contributed by atoms with E-state index in [4.69, 9.17) is 14.2 Å². The summed E-state index contributed by atoms with van der Waals surface area (Å²) in [7, 11) is 2.01. The summed E-state index contributed by atoms with van der Waals surface area (Å²) >= 11 is 0. The van der Waals surface area contributed by atoms with Crippen molar-refractivity contribution in [1.29, 1.82) is 0 Å². The molecule has 1 N–H and O–H groups in total. The van der Waals surface area contributed by atoms with Gasteiger partial charge in [0.2, 0.25) is 10.0 Å². The first-order chi connectivity index (χ1) is 14.8. The number of sulfonamides is 1. The Balaban J connectivity index is 1.86. The highest BCUT2D eigenvalue weighted by Gasteiger charge is 2.24. The maximum absolute atomic E-state index is 12.8. The van der Waals surface area contributed by atoms with Crippen molar-refractivity contribution in [2.75, 3.05) is 33.6 Å². The standard InChI is InChI=1S/C22H28N2O6S/c1-24(2)31(26,27)21-13-15(9-11-19(21)29-4)22(25)23-16-10-12-18(28-3)20(14-16)30-17-7-5-6-8-17/h9-14,17H,5-8H2,1-4H3,(H,23,25). The van der Waals surface area contributed by atoms with Crippen LogP contribution in [0.25, 0.3) is 0 Å². The summed E-state index contributed by atoms with van der Waals surface area (Å²) in [5.41, 5.74) is 0.710. The van der Waals surface area contributed by atoms with Crippen LogP contribution in [0.5, 0.6) is 17.2 Å². The van der Waals surface area contributed by atoms with Crippen LogP contribution in [0.1, 0.15) is 36.0 Å². The largest absolute Gasteiger partial charge is 0.495 e. The van der Waals surface area contributed by atoms with E-state index in [1.54, 1.807) is 25.3 Å². The summed E-state index contributed by atoms with van der Waals surface area (Å²) in [6.45, 7) is 0. The highest BCUT2D eigenvalue weighted by Crippen LogP contribution is 2.34. The minimum Gasteiger partial charge on any atom is -0.495 e. The Morgan fingerprint density at radius 2 is 1.61 bits per heavy atom. The molecular formula is C22H28N2O6S. The van der Waals surface area contributed by atoms with Crippen LogP contribution in [0, 0.1) is 0 Å². The molecule has 2 aromatic carbocycles. The van der Waals surface area contributed by atoms with Crippen molar-refractivity contribution in [2.45, 2.75) is 36.7 Å². The van der Waals surface area contributed by atoms with Gasteiger partial charge >= 0.3 is 0 Å². The van der Waals surface area contributed by atoms with Crippen molar-refractivity contribution in [3.05, 3.63) is 42.0 Å². The molecule has 1 saturated carbocycles. The number of carbonyl (C=O) groups is 1. The zero-order valence-electron chi connectivity index (χ0n) is 18.2. The van der Waals surface area contributed by atoms with E-state index in [-0.39, 0.29) is 22.3 Å². The van der Waals surface area contributed by atoms with Gasteiger partial charge in [0.15, 0.2) is 11.5 Å². The minimum atomic E-state index is -3.79. The summed E-state index contributed by atoms with van der Waals surface area (Å²) in [5, 5.41) is 2.80. The monoisotopic (exact) mass is 448 g/mol. The van der Waals surface area contributed by atoms with Gasteiger partial charge in [0.25, 0.3) is 5.91 Å². The van der Waals surface area contributed by atoms with Crippen molar-refractivity contribution < 1.29 is 27.4 Å². The lowest BCUT2D eigenvalue weighted by Crippen LogP contribution is -2.23. The number of hydrogen-bond donors (Lipinski definition) is 1. The van der Waals surface area contributed by atoms with Crippen LogP contribution >= 0.6 is 0 Å². The fourth-order valence-corrected chi connectivity index (χ4v) is 4.53. The van der Waals surface area contributed by atoms with Crippen molar-refractivity contribution in [2.24, 2.45) is 0 Å². The Hall–Kier alpha value is -2.78. The molecule has 8 nitrogen and oxygen atoms in total. The number of methoxy groups -OCH3 is 2. The lowest BCUT2D eigenvalue weighted by atomic mass is 10.2. The second kappa shape index (κ2) is 9.57.